The molecule has 7 heteroatoms. The Morgan fingerprint density at radius 3 is 2.40 bits per heavy atom. The molecule has 0 fully saturated rings. The first-order valence-corrected chi connectivity index (χ1v) is 10.3. The summed E-state index contributed by atoms with van der Waals surface area (Å²) >= 11 is 3.61. The monoisotopic (exact) mass is 470 g/mol. The highest BCUT2D eigenvalue weighted by Gasteiger charge is 2.11. The summed E-state index contributed by atoms with van der Waals surface area (Å²) in [6.45, 7) is 1.86. The average molecular weight is 471 g/mol. The smallest absolute Gasteiger partial charge is 0.269 e. The number of ether oxygens (including phenoxy) is 2. The van der Waals surface area contributed by atoms with Crippen LogP contribution in [0.1, 0.15) is 16.7 Å². The number of hydrogen-bond donors (Lipinski definition) is 1. The van der Waals surface area contributed by atoms with Gasteiger partial charge in [-0.05, 0) is 53.9 Å². The first-order chi connectivity index (χ1) is 14.6. The molecule has 0 bridgehead atoms. The molecule has 0 amide bonds. The number of halogens is 1. The van der Waals surface area contributed by atoms with Crippen LogP contribution in [0.3, 0.4) is 0 Å². The van der Waals surface area contributed by atoms with Gasteiger partial charge in [0.25, 0.3) is 5.69 Å². The topological polar surface area (TPSA) is 73.6 Å². The van der Waals surface area contributed by atoms with Gasteiger partial charge < -0.3 is 14.8 Å². The molecule has 3 rings (SSSR count). The number of nitrogens with zero attached hydrogens (tertiary/aromatic N) is 1. The summed E-state index contributed by atoms with van der Waals surface area (Å²) < 4.78 is 12.3. The van der Waals surface area contributed by atoms with Crippen LogP contribution in [-0.4, -0.2) is 18.6 Å². The molecule has 0 atom stereocenters. The maximum Gasteiger partial charge on any atom is 0.269 e. The van der Waals surface area contributed by atoms with Crippen molar-refractivity contribution >= 4 is 21.6 Å². The summed E-state index contributed by atoms with van der Waals surface area (Å²) in [6.07, 6.45) is 0.964. The Balaban J connectivity index is 1.58. The van der Waals surface area contributed by atoms with Gasteiger partial charge >= 0.3 is 0 Å². The molecule has 30 heavy (non-hydrogen) atoms. The zero-order valence-corrected chi connectivity index (χ0v) is 18.2. The van der Waals surface area contributed by atoms with Gasteiger partial charge in [-0.2, -0.15) is 0 Å². The van der Waals surface area contributed by atoms with Gasteiger partial charge in [0.1, 0.15) is 6.61 Å². The fraction of sp³-hybridized carbons (Fsp3) is 0.217. The van der Waals surface area contributed by atoms with Crippen LogP contribution in [-0.2, 0) is 19.6 Å². The fourth-order valence-corrected chi connectivity index (χ4v) is 3.42. The fourth-order valence-electron chi connectivity index (χ4n) is 2.96. The van der Waals surface area contributed by atoms with E-state index in [1.165, 1.54) is 17.7 Å². The number of methoxy groups -OCH3 is 1. The second kappa shape index (κ2) is 10.8. The molecule has 3 aromatic rings. The van der Waals surface area contributed by atoms with E-state index in [2.05, 4.69) is 33.4 Å². The standard InChI is InChI=1S/C23H23BrN2O4/c1-29-22-13-19(15-25-12-11-17-5-3-2-4-6-17)21(24)14-23(22)30-16-18-7-9-20(10-8-18)26(27)28/h2-10,13-14,25H,11-12,15-16H2,1H3. The Bertz CT molecular complexity index is 978. The van der Waals surface area contributed by atoms with Crippen LogP contribution in [0.2, 0.25) is 0 Å². The highest BCUT2D eigenvalue weighted by Crippen LogP contribution is 2.34. The van der Waals surface area contributed by atoms with E-state index in [0.717, 1.165) is 28.6 Å². The lowest BCUT2D eigenvalue weighted by Gasteiger charge is -2.14. The SMILES string of the molecule is COc1cc(CNCCc2ccccc2)c(Br)cc1OCc1ccc([N+](=O)[O-])cc1. The predicted octanol–water partition coefficient (Wildman–Crippen LogP) is 5.28. The second-order valence-corrected chi connectivity index (χ2v) is 7.57. The Morgan fingerprint density at radius 1 is 1.00 bits per heavy atom. The van der Waals surface area contributed by atoms with E-state index in [1.807, 2.05) is 30.3 Å². The molecular formula is C23H23BrN2O4. The molecule has 0 unspecified atom stereocenters. The Morgan fingerprint density at radius 2 is 1.73 bits per heavy atom. The van der Waals surface area contributed by atoms with Gasteiger partial charge in [0.05, 0.1) is 12.0 Å². The zero-order valence-electron chi connectivity index (χ0n) is 16.6. The summed E-state index contributed by atoms with van der Waals surface area (Å²) in [4.78, 5) is 10.3. The Kier molecular flexibility index (Phi) is 7.82. The van der Waals surface area contributed by atoms with Gasteiger partial charge in [0.2, 0.25) is 0 Å². The molecule has 0 aliphatic carbocycles. The van der Waals surface area contributed by atoms with Crippen molar-refractivity contribution in [1.82, 2.24) is 5.32 Å². The number of hydrogen-bond acceptors (Lipinski definition) is 5. The number of nitro groups is 1. The minimum absolute atomic E-state index is 0.0585. The van der Waals surface area contributed by atoms with Gasteiger partial charge in [0.15, 0.2) is 11.5 Å². The van der Waals surface area contributed by atoms with Crippen LogP contribution < -0.4 is 14.8 Å². The quantitative estimate of drug-likeness (QED) is 0.248. The summed E-state index contributed by atoms with van der Waals surface area (Å²) in [5.74, 6) is 1.25. The van der Waals surface area contributed by atoms with E-state index in [0.29, 0.717) is 18.0 Å². The van der Waals surface area contributed by atoms with Crippen molar-refractivity contribution in [2.24, 2.45) is 0 Å². The van der Waals surface area contributed by atoms with Gasteiger partial charge in [-0.15, -0.1) is 0 Å². The molecule has 3 aromatic carbocycles. The summed E-state index contributed by atoms with van der Waals surface area (Å²) in [6, 6.07) is 20.5. The molecule has 0 aliphatic rings. The Labute approximate surface area is 184 Å². The maximum atomic E-state index is 10.8. The van der Waals surface area contributed by atoms with E-state index in [4.69, 9.17) is 9.47 Å². The molecule has 0 aliphatic heterocycles. The summed E-state index contributed by atoms with van der Waals surface area (Å²) in [7, 11) is 1.61. The van der Waals surface area contributed by atoms with Crippen molar-refractivity contribution in [3.63, 3.8) is 0 Å². The van der Waals surface area contributed by atoms with Crippen LogP contribution >= 0.6 is 15.9 Å². The molecule has 0 radical (unpaired) electrons. The van der Waals surface area contributed by atoms with E-state index in [1.54, 1.807) is 19.2 Å². The van der Waals surface area contributed by atoms with E-state index in [-0.39, 0.29) is 12.3 Å². The largest absolute Gasteiger partial charge is 0.493 e. The van der Waals surface area contributed by atoms with Crippen molar-refractivity contribution in [1.29, 1.82) is 0 Å². The molecule has 6 nitrogen and oxygen atoms in total. The van der Waals surface area contributed by atoms with Crippen molar-refractivity contribution in [2.45, 2.75) is 19.6 Å². The average Bonchev–Trinajstić information content (AvgIpc) is 2.77. The third-order valence-electron chi connectivity index (χ3n) is 4.62. The number of nitrogens with one attached hydrogen (secondary N) is 1. The van der Waals surface area contributed by atoms with Crippen molar-refractivity contribution < 1.29 is 14.4 Å². The van der Waals surface area contributed by atoms with Crippen LogP contribution in [0.4, 0.5) is 5.69 Å². The second-order valence-electron chi connectivity index (χ2n) is 6.72. The molecule has 0 spiro atoms. The number of non-ortho nitro benzene ring substituents is 1. The maximum absolute atomic E-state index is 10.8. The Hall–Kier alpha value is -2.90. The molecular weight excluding hydrogens is 448 g/mol. The van der Waals surface area contributed by atoms with Crippen LogP contribution in [0, 0.1) is 10.1 Å². The molecule has 156 valence electrons. The zero-order chi connectivity index (χ0) is 21.3. The molecule has 0 saturated carbocycles. The highest BCUT2D eigenvalue weighted by molar-refractivity contribution is 9.10. The first kappa shape index (κ1) is 21.8. The minimum Gasteiger partial charge on any atom is -0.493 e. The molecule has 0 heterocycles. The number of rotatable bonds is 10. The predicted molar refractivity (Wildman–Crippen MR) is 120 cm³/mol. The lowest BCUT2D eigenvalue weighted by Crippen LogP contribution is -2.17. The van der Waals surface area contributed by atoms with Gasteiger partial charge in [-0.3, -0.25) is 10.1 Å². The molecule has 0 saturated heterocycles. The van der Waals surface area contributed by atoms with Crippen molar-refractivity contribution in [2.75, 3.05) is 13.7 Å². The highest BCUT2D eigenvalue weighted by atomic mass is 79.9. The third-order valence-corrected chi connectivity index (χ3v) is 5.36. The van der Waals surface area contributed by atoms with Gasteiger partial charge in [-0.1, -0.05) is 46.3 Å². The normalized spacial score (nSPS) is 10.6. The van der Waals surface area contributed by atoms with Crippen molar-refractivity contribution in [3.8, 4) is 11.5 Å². The van der Waals surface area contributed by atoms with Crippen LogP contribution in [0.25, 0.3) is 0 Å². The van der Waals surface area contributed by atoms with Gasteiger partial charge in [0, 0.05) is 23.2 Å². The van der Waals surface area contributed by atoms with E-state index < -0.39 is 4.92 Å². The first-order valence-electron chi connectivity index (χ1n) is 9.54. The molecule has 1 N–H and O–H groups in total. The summed E-state index contributed by atoms with van der Waals surface area (Å²) in [5.41, 5.74) is 3.27. The number of benzene rings is 3. The molecule has 0 aromatic heterocycles. The number of nitro benzene ring substituents is 1. The third kappa shape index (κ3) is 6.05. The van der Waals surface area contributed by atoms with Crippen LogP contribution in [0.5, 0.6) is 11.5 Å². The minimum atomic E-state index is -0.419. The summed E-state index contributed by atoms with van der Waals surface area (Å²) in [5, 5.41) is 14.2. The lowest BCUT2D eigenvalue weighted by atomic mass is 10.1. The van der Waals surface area contributed by atoms with E-state index in [9.17, 15) is 10.1 Å². The van der Waals surface area contributed by atoms with Gasteiger partial charge in [-0.25, -0.2) is 0 Å². The van der Waals surface area contributed by atoms with Crippen LogP contribution in [0.15, 0.2) is 71.2 Å². The van der Waals surface area contributed by atoms with E-state index >= 15 is 0 Å². The lowest BCUT2D eigenvalue weighted by molar-refractivity contribution is -0.384. The van der Waals surface area contributed by atoms with Crippen molar-refractivity contribution in [3.05, 3.63) is 98.0 Å².